The Hall–Kier alpha value is -0.300. The van der Waals surface area contributed by atoms with Crippen molar-refractivity contribution in [3.63, 3.8) is 0 Å². The summed E-state index contributed by atoms with van der Waals surface area (Å²) in [4.78, 5) is 0. The van der Waals surface area contributed by atoms with Gasteiger partial charge in [-0.1, -0.05) is 19.9 Å². The highest BCUT2D eigenvalue weighted by Gasteiger charge is 1.98. The number of rotatable bonds is 7. The van der Waals surface area contributed by atoms with Gasteiger partial charge < -0.3 is 5.32 Å². The van der Waals surface area contributed by atoms with Gasteiger partial charge in [-0.25, -0.2) is 0 Å². The molecule has 11 heavy (non-hydrogen) atoms. The van der Waals surface area contributed by atoms with Gasteiger partial charge in [0.15, 0.2) is 0 Å². The molecule has 1 heteroatoms. The van der Waals surface area contributed by atoms with Crippen LogP contribution in [0.2, 0.25) is 0 Å². The van der Waals surface area contributed by atoms with Gasteiger partial charge in [-0.2, -0.15) is 0 Å². The first kappa shape index (κ1) is 10.7. The Bertz CT molecular complexity index is 88.9. The van der Waals surface area contributed by atoms with Crippen LogP contribution in [0.25, 0.3) is 0 Å². The van der Waals surface area contributed by atoms with E-state index in [0.717, 1.165) is 13.1 Å². The molecule has 0 radical (unpaired) electrons. The molecular formula is C10H21N. The summed E-state index contributed by atoms with van der Waals surface area (Å²) in [6.45, 7) is 10.5. The Morgan fingerprint density at radius 1 is 1.36 bits per heavy atom. The molecule has 0 heterocycles. The minimum Gasteiger partial charge on any atom is -0.317 e. The maximum absolute atomic E-state index is 3.80. The number of nitrogens with one attached hydrogen (secondary N) is 1. The molecule has 0 bridgehead atoms. The van der Waals surface area contributed by atoms with E-state index in [2.05, 4.69) is 31.8 Å². The minimum absolute atomic E-state index is 0.708. The average Bonchev–Trinajstić information content (AvgIpc) is 2.05. The molecule has 0 aliphatic carbocycles. The summed E-state index contributed by atoms with van der Waals surface area (Å²) in [5.41, 5.74) is 0. The topological polar surface area (TPSA) is 12.0 Å². The third-order valence-corrected chi connectivity index (χ3v) is 1.98. The largest absolute Gasteiger partial charge is 0.317 e. The molecule has 1 N–H and O–H groups in total. The van der Waals surface area contributed by atoms with Crippen molar-refractivity contribution in [3.05, 3.63) is 12.7 Å². The fourth-order valence-electron chi connectivity index (χ4n) is 1.08. The zero-order valence-corrected chi connectivity index (χ0v) is 7.90. The van der Waals surface area contributed by atoms with Gasteiger partial charge in [-0.3, -0.25) is 0 Å². The average molecular weight is 155 g/mol. The lowest BCUT2D eigenvalue weighted by Crippen LogP contribution is -2.18. The third-order valence-electron chi connectivity index (χ3n) is 1.98. The SMILES string of the molecule is C=CC(CC)CCNCCC. The lowest BCUT2D eigenvalue weighted by atomic mass is 10.0. The van der Waals surface area contributed by atoms with E-state index >= 15 is 0 Å². The fraction of sp³-hybridized carbons (Fsp3) is 0.800. The molecule has 0 saturated heterocycles. The molecule has 0 aromatic heterocycles. The molecule has 1 unspecified atom stereocenters. The standard InChI is InChI=1S/C10H21N/c1-4-8-11-9-7-10(5-2)6-3/h5,10-11H,2,4,6-9H2,1,3H3. The molecule has 0 aliphatic rings. The quantitative estimate of drug-likeness (QED) is 0.440. The van der Waals surface area contributed by atoms with Gasteiger partial charge in [-0.05, 0) is 38.3 Å². The smallest absolute Gasteiger partial charge is 0.00433 e. The van der Waals surface area contributed by atoms with Crippen molar-refractivity contribution in [2.75, 3.05) is 13.1 Å². The Balaban J connectivity index is 3.14. The van der Waals surface area contributed by atoms with E-state index in [-0.39, 0.29) is 0 Å². The molecule has 0 fully saturated rings. The van der Waals surface area contributed by atoms with Crippen LogP contribution in [0.4, 0.5) is 0 Å². The van der Waals surface area contributed by atoms with Crippen molar-refractivity contribution in [2.45, 2.75) is 33.1 Å². The van der Waals surface area contributed by atoms with Crippen molar-refractivity contribution >= 4 is 0 Å². The molecular weight excluding hydrogens is 134 g/mol. The van der Waals surface area contributed by atoms with Gasteiger partial charge >= 0.3 is 0 Å². The van der Waals surface area contributed by atoms with Crippen LogP contribution >= 0.6 is 0 Å². The maximum atomic E-state index is 3.80. The zero-order valence-electron chi connectivity index (χ0n) is 7.90. The van der Waals surface area contributed by atoms with Crippen LogP contribution in [0.3, 0.4) is 0 Å². The van der Waals surface area contributed by atoms with Gasteiger partial charge in [0.25, 0.3) is 0 Å². The van der Waals surface area contributed by atoms with Crippen LogP contribution in [-0.4, -0.2) is 13.1 Å². The molecule has 0 spiro atoms. The normalized spacial score (nSPS) is 12.9. The Morgan fingerprint density at radius 3 is 2.55 bits per heavy atom. The number of allylic oxidation sites excluding steroid dienone is 1. The second kappa shape index (κ2) is 7.80. The first-order chi connectivity index (χ1) is 5.35. The Kier molecular flexibility index (Phi) is 7.59. The van der Waals surface area contributed by atoms with E-state index in [1.165, 1.54) is 19.3 Å². The van der Waals surface area contributed by atoms with Crippen LogP contribution in [0.5, 0.6) is 0 Å². The van der Waals surface area contributed by atoms with Crippen LogP contribution < -0.4 is 5.32 Å². The predicted molar refractivity (Wildman–Crippen MR) is 51.8 cm³/mol. The number of hydrogen-bond acceptors (Lipinski definition) is 1. The first-order valence-corrected chi connectivity index (χ1v) is 4.68. The van der Waals surface area contributed by atoms with Crippen LogP contribution in [0.15, 0.2) is 12.7 Å². The van der Waals surface area contributed by atoms with Gasteiger partial charge in [0, 0.05) is 0 Å². The maximum Gasteiger partial charge on any atom is -0.00433 e. The summed E-state index contributed by atoms with van der Waals surface area (Å²) in [7, 11) is 0. The van der Waals surface area contributed by atoms with Crippen LogP contribution in [0, 0.1) is 5.92 Å². The van der Waals surface area contributed by atoms with Crippen LogP contribution in [0.1, 0.15) is 33.1 Å². The predicted octanol–water partition coefficient (Wildman–Crippen LogP) is 2.59. The first-order valence-electron chi connectivity index (χ1n) is 4.68. The molecule has 0 aliphatic heterocycles. The van der Waals surface area contributed by atoms with E-state index in [9.17, 15) is 0 Å². The molecule has 1 nitrogen and oxygen atoms in total. The van der Waals surface area contributed by atoms with Gasteiger partial charge in [0.1, 0.15) is 0 Å². The molecule has 0 aromatic carbocycles. The summed E-state index contributed by atoms with van der Waals surface area (Å²) >= 11 is 0. The van der Waals surface area contributed by atoms with Gasteiger partial charge in [-0.15, -0.1) is 6.58 Å². The summed E-state index contributed by atoms with van der Waals surface area (Å²) in [5.74, 6) is 0.708. The molecule has 66 valence electrons. The second-order valence-corrected chi connectivity index (χ2v) is 2.94. The van der Waals surface area contributed by atoms with E-state index in [0.29, 0.717) is 5.92 Å². The lowest BCUT2D eigenvalue weighted by Gasteiger charge is -2.09. The van der Waals surface area contributed by atoms with Gasteiger partial charge in [0.05, 0.1) is 0 Å². The Labute approximate surface area is 70.9 Å². The van der Waals surface area contributed by atoms with E-state index < -0.39 is 0 Å². The molecule has 0 amide bonds. The molecule has 0 saturated carbocycles. The van der Waals surface area contributed by atoms with Crippen molar-refractivity contribution < 1.29 is 0 Å². The van der Waals surface area contributed by atoms with E-state index in [4.69, 9.17) is 0 Å². The Morgan fingerprint density at radius 2 is 2.09 bits per heavy atom. The summed E-state index contributed by atoms with van der Waals surface area (Å²) in [6.07, 6.45) is 5.75. The van der Waals surface area contributed by atoms with E-state index in [1.54, 1.807) is 0 Å². The lowest BCUT2D eigenvalue weighted by molar-refractivity contribution is 0.530. The van der Waals surface area contributed by atoms with E-state index in [1.807, 2.05) is 0 Å². The zero-order chi connectivity index (χ0) is 8.53. The third kappa shape index (κ3) is 6.11. The second-order valence-electron chi connectivity index (χ2n) is 2.94. The molecule has 1 atom stereocenters. The van der Waals surface area contributed by atoms with Crippen molar-refractivity contribution in [1.29, 1.82) is 0 Å². The highest BCUT2D eigenvalue weighted by Crippen LogP contribution is 2.07. The summed E-state index contributed by atoms with van der Waals surface area (Å²) in [5, 5.41) is 3.39. The highest BCUT2D eigenvalue weighted by atomic mass is 14.8. The van der Waals surface area contributed by atoms with Gasteiger partial charge in [0.2, 0.25) is 0 Å². The summed E-state index contributed by atoms with van der Waals surface area (Å²) < 4.78 is 0. The minimum atomic E-state index is 0.708. The monoisotopic (exact) mass is 155 g/mol. The van der Waals surface area contributed by atoms with Crippen molar-refractivity contribution in [1.82, 2.24) is 5.32 Å². The van der Waals surface area contributed by atoms with Crippen molar-refractivity contribution in [2.24, 2.45) is 5.92 Å². The van der Waals surface area contributed by atoms with Crippen molar-refractivity contribution in [3.8, 4) is 0 Å². The fourth-order valence-corrected chi connectivity index (χ4v) is 1.08. The highest BCUT2D eigenvalue weighted by molar-refractivity contribution is 4.77. The summed E-state index contributed by atoms with van der Waals surface area (Å²) in [6, 6.07) is 0. The molecule has 0 aromatic rings. The van der Waals surface area contributed by atoms with Crippen LogP contribution in [-0.2, 0) is 0 Å². The molecule has 0 rings (SSSR count). The number of hydrogen-bond donors (Lipinski definition) is 1.